The van der Waals surface area contributed by atoms with Crippen LogP contribution in [0.5, 0.6) is 0 Å². The van der Waals surface area contributed by atoms with Crippen LogP contribution in [-0.2, 0) is 11.3 Å². The lowest BCUT2D eigenvalue weighted by molar-refractivity contribution is -0.120. The molecule has 1 amide bonds. The lowest BCUT2D eigenvalue weighted by Crippen LogP contribution is -2.30. The van der Waals surface area contributed by atoms with Crippen LogP contribution in [0.3, 0.4) is 0 Å². The van der Waals surface area contributed by atoms with Gasteiger partial charge in [-0.3, -0.25) is 9.59 Å². The smallest absolute Gasteiger partial charge is 0.250 e. The third kappa shape index (κ3) is 5.26. The van der Waals surface area contributed by atoms with Crippen molar-refractivity contribution in [2.75, 3.05) is 11.9 Å². The van der Waals surface area contributed by atoms with E-state index in [2.05, 4.69) is 5.32 Å². The Balaban J connectivity index is 0.00000261. The molecule has 1 heterocycles. The molecule has 27 heavy (non-hydrogen) atoms. The van der Waals surface area contributed by atoms with Crippen molar-refractivity contribution in [1.29, 1.82) is 0 Å². The summed E-state index contributed by atoms with van der Waals surface area (Å²) in [4.78, 5) is 24.7. The number of pyridine rings is 1. The highest BCUT2D eigenvalue weighted by atomic mass is 35.5. The van der Waals surface area contributed by atoms with Gasteiger partial charge in [0, 0.05) is 18.2 Å². The van der Waals surface area contributed by atoms with Crippen molar-refractivity contribution >= 4 is 47.2 Å². The molecule has 1 aliphatic rings. The standard InChI is InChI=1S/C19H21Cl2N3O2.ClH/c20-16-6-4-12(8-17(16)21)10-24-11-14(5-7-18(24)25)23-19(26)15-3-1-2-13(15)9-22;/h4-8,11,13,15H,1-3,9-10,22H2,(H,23,26);1H/t13-,15-;/m1./s1. The van der Waals surface area contributed by atoms with E-state index in [-0.39, 0.29) is 35.7 Å². The fourth-order valence-corrected chi connectivity index (χ4v) is 3.78. The molecule has 8 heteroatoms. The van der Waals surface area contributed by atoms with Crippen molar-refractivity contribution in [2.45, 2.75) is 25.8 Å². The van der Waals surface area contributed by atoms with Gasteiger partial charge in [-0.25, -0.2) is 0 Å². The minimum Gasteiger partial charge on any atom is -0.330 e. The van der Waals surface area contributed by atoms with Crippen LogP contribution in [0.1, 0.15) is 24.8 Å². The molecule has 0 radical (unpaired) electrons. The van der Waals surface area contributed by atoms with Crippen LogP contribution in [-0.4, -0.2) is 17.0 Å². The molecular formula is C19H22Cl3N3O2. The number of aromatic nitrogens is 1. The number of halogens is 3. The predicted octanol–water partition coefficient (Wildman–Crippen LogP) is 3.94. The maximum absolute atomic E-state index is 12.5. The van der Waals surface area contributed by atoms with Gasteiger partial charge < -0.3 is 15.6 Å². The van der Waals surface area contributed by atoms with Crippen LogP contribution < -0.4 is 16.6 Å². The number of nitrogens with two attached hydrogens (primary N) is 1. The first-order valence-electron chi connectivity index (χ1n) is 8.63. The first-order valence-corrected chi connectivity index (χ1v) is 9.39. The quantitative estimate of drug-likeness (QED) is 0.754. The van der Waals surface area contributed by atoms with Crippen molar-refractivity contribution in [3.63, 3.8) is 0 Å². The van der Waals surface area contributed by atoms with Gasteiger partial charge in [-0.15, -0.1) is 12.4 Å². The largest absolute Gasteiger partial charge is 0.330 e. The molecule has 2 aromatic rings. The number of anilines is 1. The molecule has 0 saturated heterocycles. The SMILES string of the molecule is Cl.NC[C@H]1CCC[C@H]1C(=O)Nc1ccc(=O)n(Cc2ccc(Cl)c(Cl)c2)c1. The van der Waals surface area contributed by atoms with Crippen molar-refractivity contribution < 1.29 is 4.79 Å². The van der Waals surface area contributed by atoms with E-state index in [0.29, 0.717) is 28.8 Å². The third-order valence-corrected chi connectivity index (χ3v) is 5.63. The van der Waals surface area contributed by atoms with E-state index >= 15 is 0 Å². The van der Waals surface area contributed by atoms with Gasteiger partial charge in [0.25, 0.3) is 5.56 Å². The second kappa shape index (κ2) is 9.60. The van der Waals surface area contributed by atoms with Gasteiger partial charge in [0.1, 0.15) is 0 Å². The highest BCUT2D eigenvalue weighted by Gasteiger charge is 2.31. The van der Waals surface area contributed by atoms with Crippen molar-refractivity contribution in [1.82, 2.24) is 4.57 Å². The van der Waals surface area contributed by atoms with Crippen molar-refractivity contribution in [2.24, 2.45) is 17.6 Å². The molecule has 0 aliphatic heterocycles. The van der Waals surface area contributed by atoms with Gasteiger partial charge in [0.2, 0.25) is 5.91 Å². The van der Waals surface area contributed by atoms with Crippen LogP contribution in [0.2, 0.25) is 10.0 Å². The van der Waals surface area contributed by atoms with E-state index in [1.165, 1.54) is 10.6 Å². The van der Waals surface area contributed by atoms with Crippen LogP contribution >= 0.6 is 35.6 Å². The Morgan fingerprint density at radius 1 is 1.19 bits per heavy atom. The van der Waals surface area contributed by atoms with Crippen LogP contribution in [0.25, 0.3) is 0 Å². The fraction of sp³-hybridized carbons (Fsp3) is 0.368. The number of amides is 1. The number of hydrogen-bond acceptors (Lipinski definition) is 3. The van der Waals surface area contributed by atoms with Gasteiger partial charge in [-0.2, -0.15) is 0 Å². The Bertz CT molecular complexity index is 870. The molecule has 0 bridgehead atoms. The zero-order valence-corrected chi connectivity index (χ0v) is 17.0. The third-order valence-electron chi connectivity index (χ3n) is 4.89. The van der Waals surface area contributed by atoms with Gasteiger partial charge in [0.05, 0.1) is 22.3 Å². The normalized spacial score (nSPS) is 18.8. The zero-order chi connectivity index (χ0) is 18.7. The molecule has 0 spiro atoms. The number of hydrogen-bond donors (Lipinski definition) is 2. The summed E-state index contributed by atoms with van der Waals surface area (Å²) < 4.78 is 1.53. The Kier molecular flexibility index (Phi) is 7.74. The highest BCUT2D eigenvalue weighted by Crippen LogP contribution is 2.31. The van der Waals surface area contributed by atoms with Crippen molar-refractivity contribution in [3.05, 3.63) is 62.5 Å². The molecule has 146 valence electrons. The summed E-state index contributed by atoms with van der Waals surface area (Å²) in [5.41, 5.74) is 7.05. The summed E-state index contributed by atoms with van der Waals surface area (Å²) in [5.74, 6) is 0.144. The molecular weight excluding hydrogens is 409 g/mol. The van der Waals surface area contributed by atoms with E-state index in [9.17, 15) is 9.59 Å². The van der Waals surface area contributed by atoms with E-state index < -0.39 is 0 Å². The van der Waals surface area contributed by atoms with Gasteiger partial charge in [0.15, 0.2) is 0 Å². The van der Waals surface area contributed by atoms with E-state index in [1.807, 2.05) is 6.07 Å². The minimum atomic E-state index is -0.158. The highest BCUT2D eigenvalue weighted by molar-refractivity contribution is 6.42. The Morgan fingerprint density at radius 2 is 1.96 bits per heavy atom. The molecule has 1 aromatic carbocycles. The molecule has 1 fully saturated rings. The zero-order valence-electron chi connectivity index (χ0n) is 14.7. The van der Waals surface area contributed by atoms with Gasteiger partial charge in [-0.05, 0) is 49.1 Å². The second-order valence-electron chi connectivity index (χ2n) is 6.65. The Hall–Kier alpha value is -1.53. The maximum atomic E-state index is 12.5. The van der Waals surface area contributed by atoms with E-state index in [4.69, 9.17) is 28.9 Å². The Labute approximate surface area is 174 Å². The first kappa shape index (κ1) is 21.8. The lowest BCUT2D eigenvalue weighted by Gasteiger charge is -2.18. The topological polar surface area (TPSA) is 77.1 Å². The number of nitrogens with one attached hydrogen (secondary N) is 1. The first-order chi connectivity index (χ1) is 12.5. The van der Waals surface area contributed by atoms with Crippen molar-refractivity contribution in [3.8, 4) is 0 Å². The van der Waals surface area contributed by atoms with Crippen LogP contribution in [0, 0.1) is 11.8 Å². The molecule has 3 N–H and O–H groups in total. The average Bonchev–Trinajstić information content (AvgIpc) is 3.10. The fourth-order valence-electron chi connectivity index (χ4n) is 3.46. The van der Waals surface area contributed by atoms with E-state index in [0.717, 1.165) is 24.8 Å². The summed E-state index contributed by atoms with van der Waals surface area (Å²) in [7, 11) is 0. The molecule has 1 aromatic heterocycles. The monoisotopic (exact) mass is 429 g/mol. The second-order valence-corrected chi connectivity index (χ2v) is 7.47. The number of carbonyl (C=O) groups is 1. The summed E-state index contributed by atoms with van der Waals surface area (Å²) >= 11 is 12.0. The maximum Gasteiger partial charge on any atom is 0.250 e. The number of carbonyl (C=O) groups excluding carboxylic acids is 1. The van der Waals surface area contributed by atoms with Gasteiger partial charge >= 0.3 is 0 Å². The average molecular weight is 431 g/mol. The van der Waals surface area contributed by atoms with Gasteiger partial charge in [-0.1, -0.05) is 35.7 Å². The van der Waals surface area contributed by atoms with Crippen LogP contribution in [0.15, 0.2) is 41.3 Å². The van der Waals surface area contributed by atoms with E-state index in [1.54, 1.807) is 24.4 Å². The summed E-state index contributed by atoms with van der Waals surface area (Å²) in [5, 5.41) is 3.83. The molecule has 0 unspecified atom stereocenters. The molecule has 3 rings (SSSR count). The molecule has 1 aliphatic carbocycles. The minimum absolute atomic E-state index is 0. The summed E-state index contributed by atoms with van der Waals surface area (Å²) in [6.07, 6.45) is 4.52. The summed E-state index contributed by atoms with van der Waals surface area (Å²) in [6, 6.07) is 8.31. The predicted molar refractivity (Wildman–Crippen MR) is 112 cm³/mol. The molecule has 2 atom stereocenters. The Morgan fingerprint density at radius 3 is 2.67 bits per heavy atom. The number of nitrogens with zero attached hydrogens (tertiary/aromatic N) is 1. The molecule has 5 nitrogen and oxygen atoms in total. The summed E-state index contributed by atoms with van der Waals surface area (Å²) in [6.45, 7) is 0.864. The van der Waals surface area contributed by atoms with Crippen LogP contribution in [0.4, 0.5) is 5.69 Å². The molecule has 1 saturated carbocycles. The number of benzene rings is 1. The number of rotatable bonds is 5. The lowest BCUT2D eigenvalue weighted by atomic mass is 9.95.